The minimum Gasteiger partial charge on any atom is -0.336 e. The van der Waals surface area contributed by atoms with Crippen molar-refractivity contribution in [1.82, 2.24) is 19.5 Å². The van der Waals surface area contributed by atoms with Crippen LogP contribution in [-0.4, -0.2) is 26.8 Å². The monoisotopic (exact) mass is 319 g/mol. The average molecular weight is 319 g/mol. The van der Waals surface area contributed by atoms with Crippen LogP contribution in [-0.2, 0) is 6.54 Å². The molecule has 0 saturated heterocycles. The molecular weight excluding hydrogens is 304 g/mol. The van der Waals surface area contributed by atoms with Crippen LogP contribution in [0.2, 0.25) is 0 Å². The van der Waals surface area contributed by atoms with Crippen molar-refractivity contribution in [2.24, 2.45) is 0 Å². The number of benzene rings is 1. The molecule has 2 aromatic heterocycles. The second-order valence-corrected chi connectivity index (χ2v) is 5.06. The van der Waals surface area contributed by atoms with Crippen molar-refractivity contribution in [2.45, 2.75) is 13.5 Å². The SMILES string of the molecule is Cc1cc2n(CCNC(=O)Nc3c(F)cccc3F)ccn2n1. The van der Waals surface area contributed by atoms with Crippen molar-refractivity contribution >= 4 is 17.4 Å². The van der Waals surface area contributed by atoms with Gasteiger partial charge < -0.3 is 15.2 Å². The minimum absolute atomic E-state index is 0.302. The molecule has 0 saturated carbocycles. The normalized spacial score (nSPS) is 10.9. The van der Waals surface area contributed by atoms with E-state index in [1.165, 1.54) is 6.07 Å². The van der Waals surface area contributed by atoms with E-state index in [1.54, 1.807) is 4.52 Å². The third-order valence-electron chi connectivity index (χ3n) is 3.36. The van der Waals surface area contributed by atoms with Gasteiger partial charge in [0.05, 0.1) is 5.69 Å². The van der Waals surface area contributed by atoms with E-state index in [9.17, 15) is 13.6 Å². The van der Waals surface area contributed by atoms with Crippen LogP contribution in [0.1, 0.15) is 5.69 Å². The molecule has 6 nitrogen and oxygen atoms in total. The van der Waals surface area contributed by atoms with Crippen LogP contribution in [0.5, 0.6) is 0 Å². The summed E-state index contributed by atoms with van der Waals surface area (Å²) in [5, 5.41) is 9.00. The lowest BCUT2D eigenvalue weighted by Crippen LogP contribution is -2.32. The van der Waals surface area contributed by atoms with Gasteiger partial charge in [-0.2, -0.15) is 5.10 Å². The fraction of sp³-hybridized carbons (Fsp3) is 0.200. The zero-order chi connectivity index (χ0) is 16.4. The predicted octanol–water partition coefficient (Wildman–Crippen LogP) is 2.54. The number of carbonyl (C=O) groups is 1. The first kappa shape index (κ1) is 15.0. The van der Waals surface area contributed by atoms with Gasteiger partial charge in [0, 0.05) is 31.5 Å². The second kappa shape index (κ2) is 6.07. The van der Waals surface area contributed by atoms with Crippen LogP contribution in [0.4, 0.5) is 19.3 Å². The van der Waals surface area contributed by atoms with Crippen molar-refractivity contribution in [3.8, 4) is 0 Å². The summed E-state index contributed by atoms with van der Waals surface area (Å²) < 4.78 is 30.5. The number of hydrogen-bond donors (Lipinski definition) is 2. The highest BCUT2D eigenvalue weighted by molar-refractivity contribution is 5.89. The Balaban J connectivity index is 1.57. The highest BCUT2D eigenvalue weighted by Gasteiger charge is 2.11. The van der Waals surface area contributed by atoms with Crippen molar-refractivity contribution in [1.29, 1.82) is 0 Å². The highest BCUT2D eigenvalue weighted by atomic mass is 19.1. The number of amides is 2. The molecule has 0 unspecified atom stereocenters. The lowest BCUT2D eigenvalue weighted by molar-refractivity contribution is 0.251. The van der Waals surface area contributed by atoms with E-state index in [-0.39, 0.29) is 0 Å². The van der Waals surface area contributed by atoms with E-state index in [4.69, 9.17) is 0 Å². The Bertz CT molecular complexity index is 835. The third-order valence-corrected chi connectivity index (χ3v) is 3.36. The zero-order valence-corrected chi connectivity index (χ0v) is 12.4. The highest BCUT2D eigenvalue weighted by Crippen LogP contribution is 2.17. The molecule has 2 heterocycles. The average Bonchev–Trinajstić information content (AvgIpc) is 3.03. The Morgan fingerprint density at radius 3 is 2.74 bits per heavy atom. The molecule has 0 aliphatic rings. The smallest absolute Gasteiger partial charge is 0.319 e. The molecule has 1 aromatic carbocycles. The molecule has 0 spiro atoms. The number of aryl methyl sites for hydroxylation is 1. The molecule has 0 atom stereocenters. The first-order valence-electron chi connectivity index (χ1n) is 7.04. The Morgan fingerprint density at radius 1 is 1.26 bits per heavy atom. The van der Waals surface area contributed by atoms with Gasteiger partial charge in [-0.25, -0.2) is 18.1 Å². The first-order valence-corrected chi connectivity index (χ1v) is 7.04. The van der Waals surface area contributed by atoms with Crippen LogP contribution < -0.4 is 10.6 Å². The molecule has 23 heavy (non-hydrogen) atoms. The molecule has 0 bridgehead atoms. The van der Waals surface area contributed by atoms with Gasteiger partial charge in [0.15, 0.2) is 0 Å². The molecule has 0 radical (unpaired) electrons. The van der Waals surface area contributed by atoms with E-state index < -0.39 is 23.4 Å². The van der Waals surface area contributed by atoms with E-state index in [2.05, 4.69) is 15.7 Å². The summed E-state index contributed by atoms with van der Waals surface area (Å²) in [5.74, 6) is -1.64. The number of anilines is 1. The Kier molecular flexibility index (Phi) is 3.96. The van der Waals surface area contributed by atoms with Crippen LogP contribution in [0.15, 0.2) is 36.7 Å². The summed E-state index contributed by atoms with van der Waals surface area (Å²) in [5.41, 5.74) is 1.35. The van der Waals surface area contributed by atoms with Gasteiger partial charge in [-0.3, -0.25) is 0 Å². The maximum atomic E-state index is 13.4. The van der Waals surface area contributed by atoms with Gasteiger partial charge in [-0.1, -0.05) is 6.07 Å². The van der Waals surface area contributed by atoms with Gasteiger partial charge in [-0.15, -0.1) is 0 Å². The van der Waals surface area contributed by atoms with Crippen molar-refractivity contribution < 1.29 is 13.6 Å². The van der Waals surface area contributed by atoms with Gasteiger partial charge >= 0.3 is 6.03 Å². The maximum absolute atomic E-state index is 13.4. The number of urea groups is 1. The summed E-state index contributed by atoms with van der Waals surface area (Å²) in [6.45, 7) is 2.71. The molecule has 2 amide bonds. The summed E-state index contributed by atoms with van der Waals surface area (Å²) in [4.78, 5) is 11.7. The number of aromatic nitrogens is 3. The zero-order valence-electron chi connectivity index (χ0n) is 12.4. The Labute approximate surface area is 130 Å². The number of carbonyl (C=O) groups excluding carboxylic acids is 1. The van der Waals surface area contributed by atoms with Crippen LogP contribution in [0.3, 0.4) is 0 Å². The van der Waals surface area contributed by atoms with Gasteiger partial charge in [0.2, 0.25) is 0 Å². The number of rotatable bonds is 4. The fourth-order valence-corrected chi connectivity index (χ4v) is 2.30. The van der Waals surface area contributed by atoms with Gasteiger partial charge in [0.1, 0.15) is 23.0 Å². The Hall–Kier alpha value is -2.90. The summed E-state index contributed by atoms with van der Waals surface area (Å²) in [6.07, 6.45) is 3.66. The maximum Gasteiger partial charge on any atom is 0.319 e. The van der Waals surface area contributed by atoms with Gasteiger partial charge in [-0.05, 0) is 19.1 Å². The standard InChI is InChI=1S/C15H15F2N5O/c1-10-9-13-21(7-8-22(13)20-10)6-5-18-15(23)19-14-11(16)3-2-4-12(14)17/h2-4,7-9H,5-6H2,1H3,(H2,18,19,23). The number of para-hydroxylation sites is 1. The molecule has 120 valence electrons. The molecule has 2 N–H and O–H groups in total. The topological polar surface area (TPSA) is 63.4 Å². The molecule has 0 fully saturated rings. The molecule has 8 heteroatoms. The quantitative estimate of drug-likeness (QED) is 0.776. The van der Waals surface area contributed by atoms with Crippen LogP contribution >= 0.6 is 0 Å². The molecule has 3 rings (SSSR count). The number of nitrogens with zero attached hydrogens (tertiary/aromatic N) is 3. The van der Waals surface area contributed by atoms with Crippen molar-refractivity contribution in [2.75, 3.05) is 11.9 Å². The number of imidazole rings is 1. The lowest BCUT2D eigenvalue weighted by atomic mass is 10.3. The summed E-state index contributed by atoms with van der Waals surface area (Å²) >= 11 is 0. The van der Waals surface area contributed by atoms with E-state index >= 15 is 0 Å². The van der Waals surface area contributed by atoms with Crippen molar-refractivity contribution in [3.05, 3.63) is 54.0 Å². The summed E-state index contributed by atoms with van der Waals surface area (Å²) in [6, 6.07) is 4.66. The number of nitrogens with one attached hydrogen (secondary N) is 2. The van der Waals surface area contributed by atoms with E-state index in [1.807, 2.05) is 30.0 Å². The number of hydrogen-bond acceptors (Lipinski definition) is 2. The fourth-order valence-electron chi connectivity index (χ4n) is 2.30. The molecule has 0 aliphatic heterocycles. The lowest BCUT2D eigenvalue weighted by Gasteiger charge is -2.09. The molecular formula is C15H15F2N5O. The van der Waals surface area contributed by atoms with Crippen LogP contribution in [0.25, 0.3) is 5.65 Å². The van der Waals surface area contributed by atoms with Gasteiger partial charge in [0.25, 0.3) is 0 Å². The third kappa shape index (κ3) is 3.15. The first-order chi connectivity index (χ1) is 11.0. The predicted molar refractivity (Wildman–Crippen MR) is 81.3 cm³/mol. The number of fused-ring (bicyclic) bond motifs is 1. The second-order valence-electron chi connectivity index (χ2n) is 5.06. The van der Waals surface area contributed by atoms with E-state index in [0.717, 1.165) is 23.5 Å². The van der Waals surface area contributed by atoms with Crippen molar-refractivity contribution in [3.63, 3.8) is 0 Å². The largest absolute Gasteiger partial charge is 0.336 e. The molecule has 0 aliphatic carbocycles. The number of halogens is 2. The molecule has 3 aromatic rings. The summed E-state index contributed by atoms with van der Waals surface area (Å²) in [7, 11) is 0. The minimum atomic E-state index is -0.818. The van der Waals surface area contributed by atoms with E-state index in [0.29, 0.717) is 13.1 Å². The Morgan fingerprint density at radius 2 is 2.00 bits per heavy atom. The van der Waals surface area contributed by atoms with Crippen LogP contribution in [0, 0.1) is 18.6 Å².